The topological polar surface area (TPSA) is 67.2 Å². The van der Waals surface area contributed by atoms with Gasteiger partial charge in [0.05, 0.1) is 11.0 Å². The first-order chi connectivity index (χ1) is 13.0. The van der Waals surface area contributed by atoms with Crippen LogP contribution in [-0.4, -0.2) is 39.4 Å². The van der Waals surface area contributed by atoms with Crippen LogP contribution in [-0.2, 0) is 6.54 Å². The maximum atomic E-state index is 13.3. The van der Waals surface area contributed by atoms with Crippen molar-refractivity contribution in [3.05, 3.63) is 59.4 Å². The number of imidazole rings is 1. The number of halogens is 2. The Hall–Kier alpha value is -3.29. The highest BCUT2D eigenvalue weighted by molar-refractivity contribution is 6.06. The molecule has 1 aliphatic rings. The van der Waals surface area contributed by atoms with Crippen LogP contribution in [0.4, 0.5) is 14.5 Å². The molecule has 138 valence electrons. The minimum Gasteiger partial charge on any atom is -0.334 e. The van der Waals surface area contributed by atoms with Crippen molar-refractivity contribution < 1.29 is 18.4 Å². The van der Waals surface area contributed by atoms with Crippen molar-refractivity contribution in [1.82, 2.24) is 14.5 Å². The summed E-state index contributed by atoms with van der Waals surface area (Å²) in [5, 5.41) is 2.52. The molecule has 0 radical (unpaired) electrons. The Kier molecular flexibility index (Phi) is 4.10. The summed E-state index contributed by atoms with van der Waals surface area (Å²) < 4.78 is 28.1. The van der Waals surface area contributed by atoms with Gasteiger partial charge in [0.2, 0.25) is 0 Å². The normalized spacial score (nSPS) is 13.7. The van der Waals surface area contributed by atoms with Gasteiger partial charge in [-0.15, -0.1) is 0 Å². The molecule has 0 unspecified atom stereocenters. The van der Waals surface area contributed by atoms with Crippen molar-refractivity contribution >= 4 is 28.5 Å². The lowest BCUT2D eigenvalue weighted by Gasteiger charge is -2.26. The first kappa shape index (κ1) is 17.1. The second-order valence-electron chi connectivity index (χ2n) is 6.26. The summed E-state index contributed by atoms with van der Waals surface area (Å²) in [6.45, 7) is 3.79. The molecule has 4 rings (SSSR count). The van der Waals surface area contributed by atoms with Crippen LogP contribution in [0.1, 0.15) is 27.9 Å². The molecule has 2 aromatic carbocycles. The van der Waals surface area contributed by atoms with E-state index >= 15 is 0 Å². The molecule has 1 aliphatic heterocycles. The molecule has 3 aromatic rings. The number of fused-ring (bicyclic) bond motifs is 3. The monoisotopic (exact) mass is 370 g/mol. The van der Waals surface area contributed by atoms with E-state index in [1.165, 1.54) is 6.07 Å². The van der Waals surface area contributed by atoms with Crippen molar-refractivity contribution in [2.45, 2.75) is 13.5 Å². The molecule has 2 heterocycles. The number of nitrogens with one attached hydrogen (secondary N) is 1. The molecule has 0 aliphatic carbocycles. The molecular formula is C19H16F2N4O2. The van der Waals surface area contributed by atoms with Gasteiger partial charge in [0.25, 0.3) is 11.8 Å². The van der Waals surface area contributed by atoms with E-state index in [0.29, 0.717) is 36.5 Å². The number of hydrogen-bond acceptors (Lipinski definition) is 3. The van der Waals surface area contributed by atoms with Crippen LogP contribution in [0.3, 0.4) is 0 Å². The molecule has 0 fully saturated rings. The quantitative estimate of drug-likeness (QED) is 0.771. The predicted molar refractivity (Wildman–Crippen MR) is 95.6 cm³/mol. The van der Waals surface area contributed by atoms with Crippen LogP contribution >= 0.6 is 0 Å². The first-order valence-electron chi connectivity index (χ1n) is 8.54. The first-order valence-corrected chi connectivity index (χ1v) is 8.54. The smallest absolute Gasteiger partial charge is 0.289 e. The lowest BCUT2D eigenvalue weighted by molar-refractivity contribution is 0.0709. The van der Waals surface area contributed by atoms with Crippen LogP contribution in [0.15, 0.2) is 36.4 Å². The highest BCUT2D eigenvalue weighted by Crippen LogP contribution is 2.23. The van der Waals surface area contributed by atoms with Crippen molar-refractivity contribution in [1.29, 1.82) is 0 Å². The molecule has 27 heavy (non-hydrogen) atoms. The number of rotatable bonds is 3. The summed E-state index contributed by atoms with van der Waals surface area (Å²) in [5.74, 6) is -2.27. The van der Waals surface area contributed by atoms with Crippen molar-refractivity contribution in [3.63, 3.8) is 0 Å². The van der Waals surface area contributed by atoms with Gasteiger partial charge in [-0.3, -0.25) is 9.59 Å². The molecule has 0 spiro atoms. The van der Waals surface area contributed by atoms with Gasteiger partial charge < -0.3 is 14.8 Å². The Morgan fingerprint density at radius 3 is 2.70 bits per heavy atom. The lowest BCUT2D eigenvalue weighted by Crippen LogP contribution is -2.40. The summed E-state index contributed by atoms with van der Waals surface area (Å²) in [7, 11) is 0. The number of amides is 2. The molecule has 2 amide bonds. The molecule has 8 heteroatoms. The van der Waals surface area contributed by atoms with Crippen molar-refractivity contribution in [3.8, 4) is 0 Å². The number of nitrogens with zero attached hydrogens (tertiary/aromatic N) is 3. The zero-order valence-corrected chi connectivity index (χ0v) is 14.5. The minimum absolute atomic E-state index is 0.132. The Morgan fingerprint density at radius 2 is 1.96 bits per heavy atom. The molecule has 0 saturated heterocycles. The maximum absolute atomic E-state index is 13.3. The van der Waals surface area contributed by atoms with E-state index in [9.17, 15) is 18.4 Å². The van der Waals surface area contributed by atoms with E-state index in [2.05, 4.69) is 10.3 Å². The highest BCUT2D eigenvalue weighted by Gasteiger charge is 2.27. The minimum atomic E-state index is -1.04. The van der Waals surface area contributed by atoms with E-state index in [1.54, 1.807) is 23.1 Å². The standard InChI is InChI=1S/C19H16F2N4O2/c1-2-24-7-8-25-16-6-3-11(9-15(16)23-17(25)19(24)27)18(26)22-12-4-5-13(20)14(21)10-12/h3-6,9-10H,2,7-8H2,1H3,(H,22,26). The fourth-order valence-corrected chi connectivity index (χ4v) is 3.20. The highest BCUT2D eigenvalue weighted by atomic mass is 19.2. The van der Waals surface area contributed by atoms with Gasteiger partial charge in [-0.1, -0.05) is 0 Å². The van der Waals surface area contributed by atoms with Crippen molar-refractivity contribution in [2.24, 2.45) is 0 Å². The summed E-state index contributed by atoms with van der Waals surface area (Å²) >= 11 is 0. The van der Waals surface area contributed by atoms with Crippen LogP contribution < -0.4 is 5.32 Å². The van der Waals surface area contributed by atoms with E-state index in [4.69, 9.17) is 0 Å². The maximum Gasteiger partial charge on any atom is 0.289 e. The summed E-state index contributed by atoms with van der Waals surface area (Å²) in [5.41, 5.74) is 1.77. The van der Waals surface area contributed by atoms with E-state index in [1.807, 2.05) is 11.5 Å². The fraction of sp³-hybridized carbons (Fsp3) is 0.211. The molecular weight excluding hydrogens is 354 g/mol. The number of hydrogen-bond donors (Lipinski definition) is 1. The molecule has 6 nitrogen and oxygen atoms in total. The number of aromatic nitrogens is 2. The summed E-state index contributed by atoms with van der Waals surface area (Å²) in [6.07, 6.45) is 0. The number of carbonyl (C=O) groups excluding carboxylic acids is 2. The number of benzene rings is 2. The zero-order valence-electron chi connectivity index (χ0n) is 14.5. The Bertz CT molecular complexity index is 1080. The summed E-state index contributed by atoms with van der Waals surface area (Å²) in [4.78, 5) is 31.0. The largest absolute Gasteiger partial charge is 0.334 e. The Labute approximate surface area is 153 Å². The van der Waals surface area contributed by atoms with Crippen LogP contribution in [0.2, 0.25) is 0 Å². The van der Waals surface area contributed by atoms with Crippen LogP contribution in [0, 0.1) is 11.6 Å². The number of anilines is 1. The van der Waals surface area contributed by atoms with E-state index < -0.39 is 17.5 Å². The Morgan fingerprint density at radius 1 is 1.15 bits per heavy atom. The van der Waals surface area contributed by atoms with Crippen LogP contribution in [0.25, 0.3) is 11.0 Å². The van der Waals surface area contributed by atoms with Gasteiger partial charge in [-0.05, 0) is 37.3 Å². The van der Waals surface area contributed by atoms with E-state index in [-0.39, 0.29) is 11.6 Å². The number of carbonyl (C=O) groups is 2. The molecule has 0 bridgehead atoms. The Balaban J connectivity index is 1.64. The zero-order chi connectivity index (χ0) is 19.1. The van der Waals surface area contributed by atoms with Gasteiger partial charge in [0.1, 0.15) is 0 Å². The van der Waals surface area contributed by atoms with E-state index in [0.717, 1.165) is 17.6 Å². The van der Waals surface area contributed by atoms with Gasteiger partial charge in [-0.25, -0.2) is 13.8 Å². The SMILES string of the molecule is CCN1CCn2c(nc3cc(C(=O)Nc4ccc(F)c(F)c4)ccc32)C1=O. The molecule has 0 atom stereocenters. The van der Waals surface area contributed by atoms with Crippen molar-refractivity contribution in [2.75, 3.05) is 18.4 Å². The number of likely N-dealkylation sites (N-methyl/N-ethyl adjacent to an activating group) is 1. The van der Waals surface area contributed by atoms with Gasteiger partial charge in [0.15, 0.2) is 17.5 Å². The predicted octanol–water partition coefficient (Wildman–Crippen LogP) is 3.04. The average molecular weight is 370 g/mol. The van der Waals surface area contributed by atoms with Gasteiger partial charge in [-0.2, -0.15) is 0 Å². The summed E-state index contributed by atoms with van der Waals surface area (Å²) in [6, 6.07) is 8.08. The second-order valence-corrected chi connectivity index (χ2v) is 6.26. The van der Waals surface area contributed by atoms with Crippen LogP contribution in [0.5, 0.6) is 0 Å². The molecule has 1 N–H and O–H groups in total. The van der Waals surface area contributed by atoms with Gasteiger partial charge in [0, 0.05) is 37.0 Å². The molecule has 1 aromatic heterocycles. The fourth-order valence-electron chi connectivity index (χ4n) is 3.20. The van der Waals surface area contributed by atoms with Gasteiger partial charge >= 0.3 is 0 Å². The third kappa shape index (κ3) is 2.92. The molecule has 0 saturated carbocycles. The third-order valence-electron chi connectivity index (χ3n) is 4.64. The third-order valence-corrected chi connectivity index (χ3v) is 4.64. The average Bonchev–Trinajstić information content (AvgIpc) is 3.04. The second kappa shape index (κ2) is 6.46. The lowest BCUT2D eigenvalue weighted by atomic mass is 10.1.